The van der Waals surface area contributed by atoms with Gasteiger partial charge in [-0.3, -0.25) is 13.9 Å². The molecule has 248 valence electrons. The minimum absolute atomic E-state index is 0.000625. The van der Waals surface area contributed by atoms with Crippen molar-refractivity contribution in [2.75, 3.05) is 25.1 Å². The molecule has 0 fully saturated rings. The summed E-state index contributed by atoms with van der Waals surface area (Å²) >= 11 is 6.32. The van der Waals surface area contributed by atoms with Gasteiger partial charge in [-0.25, -0.2) is 8.42 Å². The number of hydrogen-bond acceptors (Lipinski definition) is 6. The largest absolute Gasteiger partial charge is 0.493 e. The maximum absolute atomic E-state index is 14.6. The number of nitrogens with zero attached hydrogens (tertiary/aromatic N) is 2. The van der Waals surface area contributed by atoms with E-state index in [1.54, 1.807) is 48.5 Å². The van der Waals surface area contributed by atoms with Crippen LogP contribution in [0, 0.1) is 0 Å². The number of carbonyl (C=O) groups is 2. The third kappa shape index (κ3) is 9.05. The van der Waals surface area contributed by atoms with Gasteiger partial charge < -0.3 is 19.7 Å². The molecular formula is C36H40ClN3O6S. The Morgan fingerprint density at radius 2 is 1.47 bits per heavy atom. The highest BCUT2D eigenvalue weighted by atomic mass is 35.5. The van der Waals surface area contributed by atoms with Crippen molar-refractivity contribution in [2.24, 2.45) is 0 Å². The van der Waals surface area contributed by atoms with Gasteiger partial charge in [0.25, 0.3) is 10.0 Å². The zero-order valence-electron chi connectivity index (χ0n) is 26.9. The van der Waals surface area contributed by atoms with Crippen LogP contribution in [0.1, 0.15) is 31.4 Å². The summed E-state index contributed by atoms with van der Waals surface area (Å²) in [4.78, 5) is 30.0. The zero-order valence-corrected chi connectivity index (χ0v) is 28.5. The van der Waals surface area contributed by atoms with Crippen LogP contribution >= 0.6 is 11.6 Å². The van der Waals surface area contributed by atoms with Crippen LogP contribution in [0.3, 0.4) is 0 Å². The highest BCUT2D eigenvalue weighted by Crippen LogP contribution is 2.34. The molecule has 9 nitrogen and oxygen atoms in total. The molecular weight excluding hydrogens is 638 g/mol. The average Bonchev–Trinajstić information content (AvgIpc) is 3.08. The van der Waals surface area contributed by atoms with Crippen molar-refractivity contribution >= 4 is 39.1 Å². The molecule has 0 bridgehead atoms. The van der Waals surface area contributed by atoms with Gasteiger partial charge in [-0.2, -0.15) is 0 Å². The summed E-state index contributed by atoms with van der Waals surface area (Å²) in [6, 6.07) is 27.8. The fourth-order valence-corrected chi connectivity index (χ4v) is 6.70. The van der Waals surface area contributed by atoms with Gasteiger partial charge in [-0.05, 0) is 60.9 Å². The van der Waals surface area contributed by atoms with Gasteiger partial charge in [-0.15, -0.1) is 0 Å². The summed E-state index contributed by atoms with van der Waals surface area (Å²) in [5.41, 5.74) is 1.71. The van der Waals surface area contributed by atoms with E-state index in [1.807, 2.05) is 50.2 Å². The van der Waals surface area contributed by atoms with E-state index in [4.69, 9.17) is 21.1 Å². The van der Waals surface area contributed by atoms with E-state index in [0.717, 1.165) is 9.87 Å². The molecule has 0 saturated carbocycles. The van der Waals surface area contributed by atoms with Crippen molar-refractivity contribution in [3.8, 4) is 11.5 Å². The van der Waals surface area contributed by atoms with Crippen LogP contribution in [0.25, 0.3) is 0 Å². The van der Waals surface area contributed by atoms with Crippen molar-refractivity contribution in [2.45, 2.75) is 50.2 Å². The predicted octanol–water partition coefficient (Wildman–Crippen LogP) is 6.11. The Balaban J connectivity index is 1.84. The number of methoxy groups -OCH3 is 2. The number of ether oxygens (including phenoxy) is 2. The normalized spacial score (nSPS) is 12.4. The molecule has 1 N–H and O–H groups in total. The molecule has 2 unspecified atom stereocenters. The molecule has 4 rings (SSSR count). The van der Waals surface area contributed by atoms with Crippen LogP contribution in [0.4, 0.5) is 5.69 Å². The molecule has 0 aromatic heterocycles. The Hall–Kier alpha value is -4.54. The van der Waals surface area contributed by atoms with E-state index >= 15 is 0 Å². The van der Waals surface area contributed by atoms with Crippen LogP contribution in [-0.2, 0) is 32.6 Å². The quantitative estimate of drug-likeness (QED) is 0.163. The Labute approximate surface area is 282 Å². The van der Waals surface area contributed by atoms with E-state index in [-0.39, 0.29) is 41.2 Å². The summed E-state index contributed by atoms with van der Waals surface area (Å²) in [5.74, 6) is -0.245. The number of anilines is 1. The van der Waals surface area contributed by atoms with Crippen LogP contribution in [0.5, 0.6) is 11.5 Å². The predicted molar refractivity (Wildman–Crippen MR) is 184 cm³/mol. The minimum atomic E-state index is -4.27. The summed E-state index contributed by atoms with van der Waals surface area (Å²) in [7, 11) is -1.35. The lowest BCUT2D eigenvalue weighted by Gasteiger charge is -2.34. The third-order valence-corrected chi connectivity index (χ3v) is 9.80. The van der Waals surface area contributed by atoms with E-state index in [2.05, 4.69) is 5.32 Å². The molecule has 0 heterocycles. The van der Waals surface area contributed by atoms with Gasteiger partial charge >= 0.3 is 0 Å². The molecule has 11 heteroatoms. The van der Waals surface area contributed by atoms with Gasteiger partial charge in [-0.1, -0.05) is 79.2 Å². The van der Waals surface area contributed by atoms with E-state index in [0.29, 0.717) is 22.8 Å². The van der Waals surface area contributed by atoms with Gasteiger partial charge in [0, 0.05) is 30.1 Å². The monoisotopic (exact) mass is 677 g/mol. The Morgan fingerprint density at radius 1 is 0.830 bits per heavy atom. The molecule has 0 radical (unpaired) electrons. The lowest BCUT2D eigenvalue weighted by atomic mass is 10.0. The summed E-state index contributed by atoms with van der Waals surface area (Å²) < 4.78 is 40.3. The molecule has 0 saturated heterocycles. The van der Waals surface area contributed by atoms with E-state index in [1.165, 1.54) is 37.3 Å². The van der Waals surface area contributed by atoms with E-state index < -0.39 is 28.5 Å². The number of amides is 2. The van der Waals surface area contributed by atoms with Crippen LogP contribution in [-0.4, -0.2) is 58.0 Å². The van der Waals surface area contributed by atoms with Gasteiger partial charge in [0.05, 0.1) is 24.8 Å². The van der Waals surface area contributed by atoms with Gasteiger partial charge in [0.1, 0.15) is 12.6 Å². The number of halogens is 1. The van der Waals surface area contributed by atoms with Crippen molar-refractivity contribution in [1.29, 1.82) is 0 Å². The molecule has 47 heavy (non-hydrogen) atoms. The second kappa shape index (κ2) is 16.3. The SMILES string of the molecule is CCC(C)NC(=O)C(Cc1ccccc1)N(Cc1cccc(Cl)c1)C(=O)CN(c1ccc(OC)c(OC)c1)S(=O)(=O)c1ccccc1. The summed E-state index contributed by atoms with van der Waals surface area (Å²) in [6.45, 7) is 3.26. The number of benzene rings is 4. The second-order valence-electron chi connectivity index (χ2n) is 11.0. The van der Waals surface area contributed by atoms with Crippen molar-refractivity contribution in [1.82, 2.24) is 10.2 Å². The standard InChI is InChI=1S/C36H40ClN3O6S/c1-5-26(2)38-36(42)32(22-27-13-8-6-9-14-27)39(24-28-15-12-16-29(37)21-28)35(41)25-40(47(43,44)31-17-10-7-11-18-31)30-19-20-33(45-3)34(23-30)46-4/h6-21,23,26,32H,5,22,24-25H2,1-4H3,(H,38,42). The maximum Gasteiger partial charge on any atom is 0.264 e. The first-order chi connectivity index (χ1) is 22.6. The number of sulfonamides is 1. The molecule has 0 aliphatic carbocycles. The maximum atomic E-state index is 14.6. The Bertz CT molecular complexity index is 1760. The molecule has 4 aromatic carbocycles. The molecule has 2 amide bonds. The molecule has 2 atom stereocenters. The smallest absolute Gasteiger partial charge is 0.264 e. The summed E-state index contributed by atoms with van der Waals surface area (Å²) in [6.07, 6.45) is 0.894. The lowest BCUT2D eigenvalue weighted by Crippen LogP contribution is -2.54. The fraction of sp³-hybridized carbons (Fsp3) is 0.278. The second-order valence-corrected chi connectivity index (χ2v) is 13.3. The lowest BCUT2D eigenvalue weighted by molar-refractivity contribution is -0.140. The number of nitrogens with one attached hydrogen (secondary N) is 1. The minimum Gasteiger partial charge on any atom is -0.493 e. The van der Waals surface area contributed by atoms with Gasteiger partial charge in [0.2, 0.25) is 11.8 Å². The number of hydrogen-bond donors (Lipinski definition) is 1. The highest BCUT2D eigenvalue weighted by Gasteiger charge is 2.35. The van der Waals surface area contributed by atoms with Crippen LogP contribution in [0.15, 0.2) is 108 Å². The first-order valence-electron chi connectivity index (χ1n) is 15.2. The molecule has 0 aliphatic heterocycles. The van der Waals surface area contributed by atoms with Crippen LogP contribution < -0.4 is 19.1 Å². The Morgan fingerprint density at radius 3 is 2.09 bits per heavy atom. The van der Waals surface area contributed by atoms with E-state index in [9.17, 15) is 18.0 Å². The number of rotatable bonds is 15. The zero-order chi connectivity index (χ0) is 34.0. The topological polar surface area (TPSA) is 105 Å². The van der Waals surface area contributed by atoms with Crippen LogP contribution in [0.2, 0.25) is 5.02 Å². The summed E-state index contributed by atoms with van der Waals surface area (Å²) in [5, 5.41) is 3.50. The highest BCUT2D eigenvalue weighted by molar-refractivity contribution is 7.92. The molecule has 0 aliphatic rings. The number of carbonyl (C=O) groups excluding carboxylic acids is 2. The third-order valence-electron chi connectivity index (χ3n) is 7.78. The average molecular weight is 678 g/mol. The fourth-order valence-electron chi connectivity index (χ4n) is 5.06. The first-order valence-corrected chi connectivity index (χ1v) is 17.1. The van der Waals surface area contributed by atoms with Crippen molar-refractivity contribution < 1.29 is 27.5 Å². The molecule has 0 spiro atoms. The van der Waals surface area contributed by atoms with Crippen molar-refractivity contribution in [3.63, 3.8) is 0 Å². The molecule has 4 aromatic rings. The van der Waals surface area contributed by atoms with Gasteiger partial charge in [0.15, 0.2) is 11.5 Å². The first kappa shape index (κ1) is 35.3. The Kier molecular flexibility index (Phi) is 12.3. The van der Waals surface area contributed by atoms with Crippen molar-refractivity contribution in [3.05, 3.63) is 119 Å².